The average molecular weight is 345 g/mol. The monoisotopic (exact) mass is 345 g/mol. The van der Waals surface area contributed by atoms with Crippen molar-refractivity contribution in [1.82, 2.24) is 20.2 Å². The molecule has 0 saturated carbocycles. The van der Waals surface area contributed by atoms with Crippen molar-refractivity contribution >= 4 is 16.7 Å². The molecule has 0 amide bonds. The van der Waals surface area contributed by atoms with Crippen molar-refractivity contribution in [2.75, 3.05) is 5.32 Å². The fourth-order valence-electron chi connectivity index (χ4n) is 3.75. The van der Waals surface area contributed by atoms with Crippen molar-refractivity contribution in [1.29, 1.82) is 0 Å². The molecule has 0 unspecified atom stereocenters. The van der Waals surface area contributed by atoms with E-state index < -0.39 is 0 Å². The van der Waals surface area contributed by atoms with Crippen LogP contribution in [0.1, 0.15) is 29.6 Å². The lowest BCUT2D eigenvalue weighted by Gasteiger charge is -2.31. The first-order valence-corrected chi connectivity index (χ1v) is 8.57. The summed E-state index contributed by atoms with van der Waals surface area (Å²) in [6, 6.07) is 21.2. The summed E-state index contributed by atoms with van der Waals surface area (Å²) in [5.41, 5.74) is 2.20. The van der Waals surface area contributed by atoms with Crippen molar-refractivity contribution in [2.24, 2.45) is 0 Å². The van der Waals surface area contributed by atoms with Crippen LogP contribution in [-0.2, 0) is 0 Å². The highest BCUT2D eigenvalue weighted by molar-refractivity contribution is 5.86. The van der Waals surface area contributed by atoms with E-state index in [1.807, 2.05) is 28.9 Å². The van der Waals surface area contributed by atoms with E-state index in [1.54, 1.807) is 0 Å². The zero-order chi connectivity index (χ0) is 17.5. The second kappa shape index (κ2) is 5.91. The van der Waals surface area contributed by atoms with Gasteiger partial charge in [0, 0.05) is 0 Å². The molecule has 3 aromatic carbocycles. The van der Waals surface area contributed by atoms with Crippen LogP contribution in [0.25, 0.3) is 10.8 Å². The molecule has 1 N–H and O–H groups in total. The van der Waals surface area contributed by atoms with Crippen LogP contribution in [0.15, 0.2) is 66.7 Å². The maximum Gasteiger partial charge on any atom is 0.243 e. The Kier molecular flexibility index (Phi) is 3.41. The molecule has 128 valence electrons. The second-order valence-electron chi connectivity index (χ2n) is 6.52. The van der Waals surface area contributed by atoms with Crippen LogP contribution in [0.2, 0.25) is 0 Å². The molecule has 0 saturated heterocycles. The lowest BCUT2D eigenvalue weighted by atomic mass is 9.90. The van der Waals surface area contributed by atoms with Gasteiger partial charge in [-0.25, -0.2) is 9.07 Å². The van der Waals surface area contributed by atoms with E-state index in [9.17, 15) is 4.39 Å². The summed E-state index contributed by atoms with van der Waals surface area (Å²) < 4.78 is 15.1. The zero-order valence-corrected chi connectivity index (χ0v) is 13.9. The van der Waals surface area contributed by atoms with Gasteiger partial charge in [-0.15, -0.1) is 0 Å². The van der Waals surface area contributed by atoms with E-state index in [0.29, 0.717) is 5.95 Å². The first kappa shape index (κ1) is 15.0. The number of hydrogen-bond donors (Lipinski definition) is 1. The van der Waals surface area contributed by atoms with E-state index in [4.69, 9.17) is 0 Å². The summed E-state index contributed by atoms with van der Waals surface area (Å²) in [6.07, 6.45) is 0.775. The van der Waals surface area contributed by atoms with Crippen molar-refractivity contribution < 1.29 is 4.39 Å². The molecule has 0 fully saturated rings. The lowest BCUT2D eigenvalue weighted by Crippen LogP contribution is -2.28. The Hall–Kier alpha value is -3.28. The molecule has 1 aromatic heterocycles. The fraction of sp³-hybridized carbons (Fsp3) is 0.150. The quantitative estimate of drug-likeness (QED) is 0.594. The van der Waals surface area contributed by atoms with Crippen LogP contribution in [0.4, 0.5) is 10.3 Å². The Morgan fingerprint density at radius 3 is 2.65 bits per heavy atom. The minimum Gasteiger partial charge on any atom is -0.346 e. The largest absolute Gasteiger partial charge is 0.346 e. The number of benzene rings is 3. The van der Waals surface area contributed by atoms with Crippen LogP contribution in [0.5, 0.6) is 0 Å². The molecule has 0 aliphatic carbocycles. The van der Waals surface area contributed by atoms with E-state index in [2.05, 4.69) is 51.2 Å². The van der Waals surface area contributed by atoms with Crippen molar-refractivity contribution in [3.05, 3.63) is 83.7 Å². The summed E-state index contributed by atoms with van der Waals surface area (Å²) in [4.78, 5) is 0. The van der Waals surface area contributed by atoms with E-state index in [-0.39, 0.29) is 17.9 Å². The Morgan fingerprint density at radius 1 is 0.962 bits per heavy atom. The molecule has 1 aliphatic heterocycles. The number of anilines is 1. The number of tetrazole rings is 1. The summed E-state index contributed by atoms with van der Waals surface area (Å²) >= 11 is 0. The van der Waals surface area contributed by atoms with Crippen molar-refractivity contribution in [3.8, 4) is 0 Å². The van der Waals surface area contributed by atoms with Gasteiger partial charge in [0.2, 0.25) is 5.95 Å². The van der Waals surface area contributed by atoms with Crippen LogP contribution >= 0.6 is 0 Å². The molecule has 0 bridgehead atoms. The van der Waals surface area contributed by atoms with Crippen LogP contribution in [0, 0.1) is 5.82 Å². The smallest absolute Gasteiger partial charge is 0.243 e. The maximum atomic E-state index is 13.3. The molecule has 1 aliphatic rings. The van der Waals surface area contributed by atoms with Gasteiger partial charge >= 0.3 is 0 Å². The molecule has 0 radical (unpaired) electrons. The molecular weight excluding hydrogens is 329 g/mol. The standard InChI is InChI=1S/C20H16FN5/c21-15-10-8-14(9-11-15)18-12-19(26-20(22-18)23-24-25-26)17-7-3-5-13-4-1-2-6-16(13)17/h1-11,18-19H,12H2,(H,22,23,25)/t18-,19-/m0/s1. The third kappa shape index (κ3) is 2.42. The van der Waals surface area contributed by atoms with Crippen LogP contribution in [0.3, 0.4) is 0 Å². The van der Waals surface area contributed by atoms with Gasteiger partial charge in [0.15, 0.2) is 0 Å². The molecule has 26 heavy (non-hydrogen) atoms. The van der Waals surface area contributed by atoms with Crippen LogP contribution in [-0.4, -0.2) is 20.2 Å². The lowest BCUT2D eigenvalue weighted by molar-refractivity contribution is 0.426. The average Bonchev–Trinajstić information content (AvgIpc) is 3.16. The normalized spacial score (nSPS) is 19.1. The van der Waals surface area contributed by atoms with E-state index in [1.165, 1.54) is 28.5 Å². The van der Waals surface area contributed by atoms with Gasteiger partial charge in [-0.2, -0.15) is 0 Å². The Labute approximate surface area is 149 Å². The number of halogens is 1. The molecule has 6 heteroatoms. The predicted molar refractivity (Wildman–Crippen MR) is 97.3 cm³/mol. The molecule has 5 rings (SSSR count). The fourth-order valence-corrected chi connectivity index (χ4v) is 3.75. The SMILES string of the molecule is Fc1ccc([C@@H]2C[C@@H](c3cccc4ccccc34)n3nnnc3N2)cc1. The molecule has 2 heterocycles. The van der Waals surface area contributed by atoms with Gasteiger partial charge in [-0.1, -0.05) is 59.7 Å². The van der Waals surface area contributed by atoms with Gasteiger partial charge in [0.25, 0.3) is 0 Å². The second-order valence-corrected chi connectivity index (χ2v) is 6.52. The highest BCUT2D eigenvalue weighted by atomic mass is 19.1. The molecular formula is C20H16FN5. The first-order valence-electron chi connectivity index (χ1n) is 8.57. The summed E-state index contributed by atoms with van der Waals surface area (Å²) in [5.74, 6) is 0.392. The summed E-state index contributed by atoms with van der Waals surface area (Å²) in [7, 11) is 0. The van der Waals surface area contributed by atoms with Crippen molar-refractivity contribution in [3.63, 3.8) is 0 Å². The Balaban J connectivity index is 1.62. The minimum atomic E-state index is -0.236. The van der Waals surface area contributed by atoms with E-state index >= 15 is 0 Å². The Bertz CT molecular complexity index is 1070. The zero-order valence-electron chi connectivity index (χ0n) is 13.9. The van der Waals surface area contributed by atoms with Crippen molar-refractivity contribution in [2.45, 2.75) is 18.5 Å². The van der Waals surface area contributed by atoms with Gasteiger partial charge < -0.3 is 5.32 Å². The van der Waals surface area contributed by atoms with E-state index in [0.717, 1.165) is 12.0 Å². The number of hydrogen-bond acceptors (Lipinski definition) is 4. The summed E-state index contributed by atoms with van der Waals surface area (Å²) in [5, 5.41) is 17.9. The number of fused-ring (bicyclic) bond motifs is 2. The summed E-state index contributed by atoms with van der Waals surface area (Å²) in [6.45, 7) is 0. The molecule has 4 aromatic rings. The van der Waals surface area contributed by atoms with Gasteiger partial charge in [0.05, 0.1) is 12.1 Å². The van der Waals surface area contributed by atoms with Gasteiger partial charge in [-0.05, 0) is 50.9 Å². The van der Waals surface area contributed by atoms with Gasteiger partial charge in [0.1, 0.15) is 5.82 Å². The third-order valence-electron chi connectivity index (χ3n) is 5.01. The number of nitrogens with one attached hydrogen (secondary N) is 1. The molecule has 0 spiro atoms. The molecule has 2 atom stereocenters. The van der Waals surface area contributed by atoms with Gasteiger partial charge in [-0.3, -0.25) is 0 Å². The highest BCUT2D eigenvalue weighted by Gasteiger charge is 2.31. The van der Waals surface area contributed by atoms with Crippen LogP contribution < -0.4 is 5.32 Å². The highest BCUT2D eigenvalue weighted by Crippen LogP contribution is 2.39. The number of rotatable bonds is 2. The Morgan fingerprint density at radius 2 is 1.77 bits per heavy atom. The molecule has 5 nitrogen and oxygen atoms in total. The first-order chi connectivity index (χ1) is 12.8. The number of aromatic nitrogens is 4. The minimum absolute atomic E-state index is 0.00223. The maximum absolute atomic E-state index is 13.3. The third-order valence-corrected chi connectivity index (χ3v) is 5.01. The predicted octanol–water partition coefficient (Wildman–Crippen LogP) is 4.11. The number of nitrogens with zero attached hydrogens (tertiary/aromatic N) is 4. The topological polar surface area (TPSA) is 55.6 Å².